The van der Waals surface area contributed by atoms with Gasteiger partial charge in [0.05, 0.1) is 38.8 Å². The van der Waals surface area contributed by atoms with Crippen molar-refractivity contribution in [1.82, 2.24) is 14.9 Å². The van der Waals surface area contributed by atoms with E-state index < -0.39 is 5.97 Å². The monoisotopic (exact) mass is 526 g/mol. The maximum absolute atomic E-state index is 11.1. The van der Waals surface area contributed by atoms with Crippen molar-refractivity contribution in [3.8, 4) is 16.9 Å². The minimum atomic E-state index is -0.897. The Morgan fingerprint density at radius 2 is 1.84 bits per heavy atom. The van der Waals surface area contributed by atoms with Crippen molar-refractivity contribution in [1.29, 1.82) is 0 Å². The van der Waals surface area contributed by atoms with Crippen molar-refractivity contribution in [2.24, 2.45) is 0 Å². The van der Waals surface area contributed by atoms with Gasteiger partial charge in [-0.3, -0.25) is 9.69 Å². The van der Waals surface area contributed by atoms with Gasteiger partial charge < -0.3 is 23.9 Å². The molecule has 0 radical (unpaired) electrons. The molecule has 0 bridgehead atoms. The van der Waals surface area contributed by atoms with Crippen LogP contribution in [0.1, 0.15) is 24.8 Å². The highest BCUT2D eigenvalue weighted by Gasteiger charge is 2.40. The first kappa shape index (κ1) is 25.5. The highest BCUT2D eigenvalue weighted by Crippen LogP contribution is 2.35. The average Bonchev–Trinajstić information content (AvgIpc) is 3.44. The van der Waals surface area contributed by atoms with E-state index >= 15 is 0 Å². The molecule has 0 aliphatic carbocycles. The van der Waals surface area contributed by atoms with Crippen molar-refractivity contribution < 1.29 is 23.8 Å². The van der Waals surface area contributed by atoms with E-state index in [1.54, 1.807) is 30.7 Å². The summed E-state index contributed by atoms with van der Waals surface area (Å²) in [5, 5.41) is 9.59. The van der Waals surface area contributed by atoms with Crippen LogP contribution in [-0.4, -0.2) is 77.5 Å². The second-order valence-corrected chi connectivity index (χ2v) is 10.00. The molecule has 0 saturated carbocycles. The Morgan fingerprint density at radius 1 is 1.08 bits per heavy atom. The summed E-state index contributed by atoms with van der Waals surface area (Å²) in [6.45, 7) is 5.48. The van der Waals surface area contributed by atoms with Crippen LogP contribution in [0.2, 0.25) is 5.02 Å². The van der Waals surface area contributed by atoms with Gasteiger partial charge in [0.2, 0.25) is 5.95 Å². The number of carboxylic acids is 1. The van der Waals surface area contributed by atoms with E-state index in [0.717, 1.165) is 75.7 Å². The lowest BCUT2D eigenvalue weighted by Crippen LogP contribution is -2.59. The van der Waals surface area contributed by atoms with E-state index in [1.807, 2.05) is 18.5 Å². The van der Waals surface area contributed by atoms with E-state index in [2.05, 4.69) is 19.8 Å². The summed E-state index contributed by atoms with van der Waals surface area (Å²) >= 11 is 6.21. The number of carbonyl (C=O) groups is 1. The van der Waals surface area contributed by atoms with Crippen LogP contribution in [-0.2, 0) is 16.0 Å². The first-order chi connectivity index (χ1) is 18.0. The Morgan fingerprint density at radius 3 is 2.51 bits per heavy atom. The van der Waals surface area contributed by atoms with Crippen molar-refractivity contribution in [3.63, 3.8) is 0 Å². The molecule has 2 fully saturated rings. The standard InChI is InChI=1S/C27H31ClN4O5/c28-23-13-20(15-25(33)34)14-24(16-23)37-10-4-27(32-7-11-35-12-8-32)2-5-31(6-3-27)26-29-17-22(18-30-26)21-1-9-36-19-21/h1,9,13-14,16-19H,2-8,10-12,15H2,(H,33,34). The van der Waals surface area contributed by atoms with Gasteiger partial charge in [-0.2, -0.15) is 0 Å². The number of halogens is 1. The molecule has 2 aliphatic rings. The number of morpholine rings is 1. The molecule has 2 aliphatic heterocycles. The minimum Gasteiger partial charge on any atom is -0.493 e. The molecule has 4 heterocycles. The third-order valence-electron chi connectivity index (χ3n) is 7.27. The predicted molar refractivity (Wildman–Crippen MR) is 139 cm³/mol. The number of hydrogen-bond acceptors (Lipinski definition) is 8. The number of piperidine rings is 1. The third kappa shape index (κ3) is 6.23. The Kier molecular flexibility index (Phi) is 7.93. The van der Waals surface area contributed by atoms with Gasteiger partial charge in [-0.15, -0.1) is 0 Å². The van der Waals surface area contributed by atoms with Gasteiger partial charge in [0.15, 0.2) is 0 Å². The molecular formula is C27H31ClN4O5. The van der Waals surface area contributed by atoms with Crippen LogP contribution < -0.4 is 9.64 Å². The number of aliphatic carboxylic acids is 1. The zero-order valence-electron chi connectivity index (χ0n) is 20.6. The van der Waals surface area contributed by atoms with Crippen LogP contribution in [0.5, 0.6) is 5.75 Å². The maximum Gasteiger partial charge on any atom is 0.307 e. The summed E-state index contributed by atoms with van der Waals surface area (Å²) in [5.41, 5.74) is 2.51. The van der Waals surface area contributed by atoms with Gasteiger partial charge in [0.1, 0.15) is 5.75 Å². The maximum atomic E-state index is 11.1. The normalized spacial score (nSPS) is 18.0. The van der Waals surface area contributed by atoms with Gasteiger partial charge >= 0.3 is 5.97 Å². The van der Waals surface area contributed by atoms with Crippen molar-refractivity contribution in [2.45, 2.75) is 31.2 Å². The summed E-state index contributed by atoms with van der Waals surface area (Å²) in [6, 6.07) is 7.06. The number of carboxylic acid groups (broad SMARTS) is 1. The fraction of sp³-hybridized carbons (Fsp3) is 0.444. The molecule has 37 heavy (non-hydrogen) atoms. The molecule has 0 amide bonds. The zero-order chi connectivity index (χ0) is 25.7. The molecule has 0 unspecified atom stereocenters. The second-order valence-electron chi connectivity index (χ2n) is 9.56. The number of aromatic nitrogens is 2. The molecule has 2 saturated heterocycles. The molecule has 2 aromatic heterocycles. The zero-order valence-corrected chi connectivity index (χ0v) is 21.4. The number of ether oxygens (including phenoxy) is 2. The van der Waals surface area contributed by atoms with E-state index in [4.69, 9.17) is 30.6 Å². The Balaban J connectivity index is 1.24. The first-order valence-electron chi connectivity index (χ1n) is 12.6. The van der Waals surface area contributed by atoms with Gasteiger partial charge in [-0.1, -0.05) is 11.6 Å². The lowest BCUT2D eigenvalue weighted by molar-refractivity contribution is -0.136. The van der Waals surface area contributed by atoms with E-state index in [0.29, 0.717) is 22.9 Å². The first-order valence-corrected chi connectivity index (χ1v) is 12.9. The highest BCUT2D eigenvalue weighted by molar-refractivity contribution is 6.30. The number of furan rings is 1. The molecule has 0 spiro atoms. The van der Waals surface area contributed by atoms with Crippen molar-refractivity contribution in [2.75, 3.05) is 50.9 Å². The molecule has 1 aromatic carbocycles. The van der Waals surface area contributed by atoms with E-state index in [1.165, 1.54) is 0 Å². The van der Waals surface area contributed by atoms with Gasteiger partial charge in [-0.05, 0) is 49.1 Å². The number of benzene rings is 1. The van der Waals surface area contributed by atoms with Gasteiger partial charge in [0.25, 0.3) is 0 Å². The molecule has 196 valence electrons. The topological polar surface area (TPSA) is 101 Å². The Hall–Kier alpha value is -3.14. The molecule has 5 rings (SSSR count). The average molecular weight is 527 g/mol. The fourth-order valence-corrected chi connectivity index (χ4v) is 5.53. The number of rotatable bonds is 9. The number of nitrogens with zero attached hydrogens (tertiary/aromatic N) is 4. The summed E-state index contributed by atoms with van der Waals surface area (Å²) < 4.78 is 16.9. The van der Waals surface area contributed by atoms with E-state index in [9.17, 15) is 4.79 Å². The van der Waals surface area contributed by atoms with Crippen molar-refractivity contribution in [3.05, 3.63) is 59.8 Å². The van der Waals surface area contributed by atoms with Gasteiger partial charge in [0, 0.05) is 60.3 Å². The fourth-order valence-electron chi connectivity index (χ4n) is 5.29. The second kappa shape index (κ2) is 11.5. The van der Waals surface area contributed by atoms with Crippen LogP contribution in [0.25, 0.3) is 11.1 Å². The summed E-state index contributed by atoms with van der Waals surface area (Å²) in [7, 11) is 0. The minimum absolute atomic E-state index is 0.0144. The number of hydrogen-bond donors (Lipinski definition) is 1. The van der Waals surface area contributed by atoms with Crippen LogP contribution in [0.15, 0.2) is 53.6 Å². The summed E-state index contributed by atoms with van der Waals surface area (Å²) in [4.78, 5) is 25.1. The smallest absolute Gasteiger partial charge is 0.307 e. The third-order valence-corrected chi connectivity index (χ3v) is 7.49. The SMILES string of the molecule is O=C(O)Cc1cc(Cl)cc(OCCC2(N3CCOCC3)CCN(c3ncc(-c4ccoc4)cn3)CC2)c1. The summed E-state index contributed by atoms with van der Waals surface area (Å²) in [6.07, 6.45) is 9.70. The molecule has 9 nitrogen and oxygen atoms in total. The lowest BCUT2D eigenvalue weighted by Gasteiger charge is -2.50. The molecule has 10 heteroatoms. The van der Waals surface area contributed by atoms with E-state index in [-0.39, 0.29) is 12.0 Å². The summed E-state index contributed by atoms with van der Waals surface area (Å²) in [5.74, 6) is 0.444. The highest BCUT2D eigenvalue weighted by atomic mass is 35.5. The van der Waals surface area contributed by atoms with Gasteiger partial charge in [-0.25, -0.2) is 9.97 Å². The van der Waals surface area contributed by atoms with Crippen molar-refractivity contribution >= 4 is 23.5 Å². The predicted octanol–water partition coefficient (Wildman–Crippen LogP) is 4.16. The lowest BCUT2D eigenvalue weighted by atomic mass is 9.82. The van der Waals surface area contributed by atoms with Crippen LogP contribution >= 0.6 is 11.6 Å². The largest absolute Gasteiger partial charge is 0.493 e. The Labute approximate surface area is 221 Å². The molecule has 0 atom stereocenters. The quantitative estimate of drug-likeness (QED) is 0.440. The molecule has 1 N–H and O–H groups in total. The molecular weight excluding hydrogens is 496 g/mol. The van der Waals surface area contributed by atoms with Crippen LogP contribution in [0.4, 0.5) is 5.95 Å². The van der Waals surface area contributed by atoms with Crippen LogP contribution in [0, 0.1) is 0 Å². The van der Waals surface area contributed by atoms with Crippen LogP contribution in [0.3, 0.4) is 0 Å². The molecule has 3 aromatic rings. The Bertz CT molecular complexity index is 1170. The number of anilines is 1.